The van der Waals surface area contributed by atoms with E-state index >= 15 is 0 Å². The molecule has 51 heavy (non-hydrogen) atoms. The SMILES string of the molecule is [2H]c1c([2H])c([2H])c(-c2c([2H])c([2H])c(-n3c4c([2H])c([2H])c([2H])c([2H])c4c4c([2H])c(-c5c([2H])c([2H])c6c(c5[2H])c5c([2H])c([2H])c([2H])c([2H])c5n6-c5c([2H])c([2H])c6c(oc7c([2H])c([2H])c([2H])c([2H])c76)c5[2H])c([2H])c([2H])c43)c([2H])c2[2H])c([2H])c1[2H]. The third-order valence-electron chi connectivity index (χ3n) is 8.25. The summed E-state index contributed by atoms with van der Waals surface area (Å²) >= 11 is 0. The smallest absolute Gasteiger partial charge is 0.137 e. The Hall–Kier alpha value is -6.84. The van der Waals surface area contributed by atoms with E-state index in [1.165, 1.54) is 0 Å². The molecule has 11 rings (SSSR count). The lowest BCUT2D eigenvalue weighted by Crippen LogP contribution is -1.94. The van der Waals surface area contributed by atoms with E-state index in [9.17, 15) is 15.1 Å². The molecule has 3 heterocycles. The maximum Gasteiger partial charge on any atom is 0.137 e. The zero-order chi connectivity index (χ0) is 59.6. The van der Waals surface area contributed by atoms with E-state index in [0.29, 0.717) is 4.57 Å². The monoisotopic (exact) mass is 680 g/mol. The van der Waals surface area contributed by atoms with Crippen LogP contribution in [-0.2, 0) is 0 Å². The largest absolute Gasteiger partial charge is 0.456 e. The minimum Gasteiger partial charge on any atom is -0.456 e. The van der Waals surface area contributed by atoms with Crippen LogP contribution in [0.1, 0.15) is 41.1 Å². The third-order valence-corrected chi connectivity index (χ3v) is 8.25. The minimum atomic E-state index is -1.07. The van der Waals surface area contributed by atoms with Gasteiger partial charge in [0.1, 0.15) is 11.2 Å². The fourth-order valence-electron chi connectivity index (χ4n) is 6.04. The van der Waals surface area contributed by atoms with Gasteiger partial charge in [-0.05, 0) is 88.7 Å². The molecule has 0 radical (unpaired) electrons. The van der Waals surface area contributed by atoms with Crippen molar-refractivity contribution in [3.8, 4) is 33.6 Å². The molecule has 3 heteroatoms. The molecule has 0 fully saturated rings. The lowest BCUT2D eigenvalue weighted by molar-refractivity contribution is 0.668. The number of rotatable bonds is 4. The van der Waals surface area contributed by atoms with Crippen molar-refractivity contribution in [1.29, 1.82) is 0 Å². The zero-order valence-corrected chi connectivity index (χ0v) is 25.3. The molecule has 3 aromatic heterocycles. The maximum atomic E-state index is 9.88. The first-order chi connectivity index (χ1) is 37.8. The van der Waals surface area contributed by atoms with Crippen molar-refractivity contribution in [2.75, 3.05) is 0 Å². The van der Waals surface area contributed by atoms with Crippen molar-refractivity contribution in [3.05, 3.63) is 181 Å². The summed E-state index contributed by atoms with van der Waals surface area (Å²) in [5.41, 5.74) is -8.54. The van der Waals surface area contributed by atoms with Crippen molar-refractivity contribution < 1.29 is 45.5 Å². The summed E-state index contributed by atoms with van der Waals surface area (Å²) in [7, 11) is 0. The van der Waals surface area contributed by atoms with E-state index in [1.807, 2.05) is 0 Å². The van der Waals surface area contributed by atoms with Crippen LogP contribution in [0.25, 0.3) is 99.2 Å². The molecule has 0 N–H and O–H groups in total. The van der Waals surface area contributed by atoms with E-state index in [2.05, 4.69) is 0 Å². The first-order valence-corrected chi connectivity index (χ1v) is 15.0. The van der Waals surface area contributed by atoms with Gasteiger partial charge in [-0.25, -0.2) is 0 Å². The number of fused-ring (bicyclic) bond motifs is 9. The lowest BCUT2D eigenvalue weighted by atomic mass is 10.0. The molecule has 0 atom stereocenters. The van der Waals surface area contributed by atoms with Crippen molar-refractivity contribution >= 4 is 65.6 Å². The van der Waals surface area contributed by atoms with E-state index < -0.39 is 275 Å². The van der Waals surface area contributed by atoms with Gasteiger partial charge in [0.2, 0.25) is 0 Å². The Morgan fingerprint density at radius 3 is 1.45 bits per heavy atom. The van der Waals surface area contributed by atoms with Gasteiger partial charge in [-0.3, -0.25) is 0 Å². The quantitative estimate of drug-likeness (QED) is 0.181. The summed E-state index contributed by atoms with van der Waals surface area (Å²) in [5, 5.41) is -3.26. The summed E-state index contributed by atoms with van der Waals surface area (Å²) in [6, 6.07) is -27.3. The predicted molar refractivity (Wildman–Crippen MR) is 213 cm³/mol. The van der Waals surface area contributed by atoms with E-state index in [1.54, 1.807) is 0 Å². The highest BCUT2D eigenvalue weighted by molar-refractivity contribution is 6.13. The Morgan fingerprint density at radius 2 is 0.784 bits per heavy atom. The van der Waals surface area contributed by atoms with Gasteiger partial charge in [0.25, 0.3) is 0 Å². The Balaban J connectivity index is 1.29. The fraction of sp³-hybridized carbons (Fsp3) is 0. The van der Waals surface area contributed by atoms with Gasteiger partial charge < -0.3 is 13.6 Å². The number of benzene rings is 8. The second-order valence-electron chi connectivity index (χ2n) is 11.0. The molecule has 0 bridgehead atoms. The van der Waals surface area contributed by atoms with E-state index in [0.717, 1.165) is 4.57 Å². The van der Waals surface area contributed by atoms with E-state index in [4.69, 9.17) is 30.5 Å². The highest BCUT2D eigenvalue weighted by Gasteiger charge is 2.17. The standard InChI is InChI=1S/C48H30N2O/c1-2-10-31(11-3-1)32-18-22-35(23-19-32)49-43-15-7-4-12-37(43)41-28-33(20-26-45(41)49)34-21-27-46-42(29-34)38-13-5-8-16-44(38)50(46)36-24-25-40-39-14-6-9-17-47(39)51-48(40)30-36/h1-30H/i1D,2D,3D,4D,5D,6D,7D,8D,9D,10D,11D,12D,13D,14D,15D,16D,17D,18D,19D,20D,21D,22D,23D,24D,25D,26D,27D,28D,29D,30D. The molecule has 0 saturated heterocycles. The fourth-order valence-corrected chi connectivity index (χ4v) is 6.04. The number of para-hydroxylation sites is 3. The van der Waals surface area contributed by atoms with Crippen LogP contribution in [0.15, 0.2) is 186 Å². The van der Waals surface area contributed by atoms with Crippen LogP contribution in [0.2, 0.25) is 0 Å². The summed E-state index contributed by atoms with van der Waals surface area (Å²) in [4.78, 5) is 0. The van der Waals surface area contributed by atoms with Gasteiger partial charge in [0.15, 0.2) is 0 Å². The molecule has 0 saturated carbocycles. The molecular weight excluding hydrogens is 621 g/mol. The Labute approximate surface area is 336 Å². The number of hydrogen-bond donors (Lipinski definition) is 0. The molecule has 0 amide bonds. The van der Waals surface area contributed by atoms with Crippen molar-refractivity contribution in [1.82, 2.24) is 9.13 Å². The molecule has 11 aromatic rings. The second-order valence-corrected chi connectivity index (χ2v) is 11.0. The summed E-state index contributed by atoms with van der Waals surface area (Å²) < 4.78 is 277. The van der Waals surface area contributed by atoms with Crippen LogP contribution < -0.4 is 0 Å². The first kappa shape index (κ1) is 11.6. The molecule has 0 aliphatic carbocycles. The molecule has 238 valence electrons. The number of furan rings is 1. The second kappa shape index (κ2) is 10.8. The van der Waals surface area contributed by atoms with Crippen molar-refractivity contribution in [2.45, 2.75) is 0 Å². The number of hydrogen-bond acceptors (Lipinski definition) is 1. The van der Waals surface area contributed by atoms with Crippen molar-refractivity contribution in [3.63, 3.8) is 0 Å². The average molecular weight is 681 g/mol. The lowest BCUT2D eigenvalue weighted by Gasteiger charge is -2.10. The molecule has 0 unspecified atom stereocenters. The minimum absolute atomic E-state index is 0.360. The normalized spacial score (nSPS) is 20.2. The molecule has 0 aliphatic heterocycles. The summed E-state index contributed by atoms with van der Waals surface area (Å²) in [6.07, 6.45) is 0. The van der Waals surface area contributed by atoms with Gasteiger partial charge >= 0.3 is 0 Å². The van der Waals surface area contributed by atoms with Gasteiger partial charge in [0, 0.05) is 49.7 Å². The van der Waals surface area contributed by atoms with Crippen molar-refractivity contribution in [2.24, 2.45) is 0 Å². The molecular formula is C48H30N2O. The summed E-state index contributed by atoms with van der Waals surface area (Å²) in [5.74, 6) is 0. The number of aromatic nitrogens is 2. The molecule has 8 aromatic carbocycles. The average Bonchev–Trinajstić information content (AvgIpc) is 3.01. The molecule has 0 spiro atoms. The van der Waals surface area contributed by atoms with Crippen LogP contribution in [-0.4, -0.2) is 9.13 Å². The van der Waals surface area contributed by atoms with Crippen LogP contribution in [0.3, 0.4) is 0 Å². The number of nitrogens with zero attached hydrogens (tertiary/aromatic N) is 2. The van der Waals surface area contributed by atoms with Crippen LogP contribution in [0.4, 0.5) is 0 Å². The maximum absolute atomic E-state index is 9.88. The Kier molecular flexibility index (Phi) is 2.47. The predicted octanol–water partition coefficient (Wildman–Crippen LogP) is 13.1. The Bertz CT molecular complexity index is 4820. The van der Waals surface area contributed by atoms with Gasteiger partial charge in [0.05, 0.1) is 63.2 Å². The highest BCUT2D eigenvalue weighted by Crippen LogP contribution is 2.39. The van der Waals surface area contributed by atoms with Gasteiger partial charge in [-0.15, -0.1) is 0 Å². The van der Waals surface area contributed by atoms with Crippen LogP contribution >= 0.6 is 0 Å². The van der Waals surface area contributed by atoms with Crippen LogP contribution in [0.5, 0.6) is 0 Å². The van der Waals surface area contributed by atoms with Crippen LogP contribution in [0, 0.1) is 0 Å². The third kappa shape index (κ3) is 4.25. The van der Waals surface area contributed by atoms with E-state index in [-0.39, 0.29) is 5.39 Å². The zero-order valence-electron chi connectivity index (χ0n) is 55.3. The van der Waals surface area contributed by atoms with Gasteiger partial charge in [-0.1, -0.05) is 109 Å². The molecule has 0 aliphatic rings. The first-order valence-electron chi connectivity index (χ1n) is 30.0. The Morgan fingerprint density at radius 1 is 0.314 bits per heavy atom. The van der Waals surface area contributed by atoms with Gasteiger partial charge in [-0.2, -0.15) is 0 Å². The summed E-state index contributed by atoms with van der Waals surface area (Å²) in [6.45, 7) is 0. The molecule has 3 nitrogen and oxygen atoms in total. The topological polar surface area (TPSA) is 23.0 Å². The highest BCUT2D eigenvalue weighted by atomic mass is 16.3.